The first kappa shape index (κ1) is 20.6. The second kappa shape index (κ2) is 7.90. The largest absolute Gasteiger partial charge is 0.444 e. The molecule has 0 spiro atoms. The van der Waals surface area contributed by atoms with Crippen LogP contribution in [0, 0.1) is 0 Å². The lowest BCUT2D eigenvalue weighted by Crippen LogP contribution is -2.51. The number of alkyl halides is 2. The summed E-state index contributed by atoms with van der Waals surface area (Å²) in [6.07, 6.45) is 2.29. The van der Waals surface area contributed by atoms with Crippen LogP contribution < -0.4 is 5.32 Å². The van der Waals surface area contributed by atoms with Crippen LogP contribution in [-0.2, 0) is 4.74 Å². The van der Waals surface area contributed by atoms with Gasteiger partial charge in [0.25, 0.3) is 5.92 Å². The average Bonchev–Trinajstić information content (AvgIpc) is 2.49. The first-order chi connectivity index (χ1) is 12.0. The molecule has 8 heteroatoms. The molecular weight excluding hydrogens is 342 g/mol. The van der Waals surface area contributed by atoms with Gasteiger partial charge in [-0.05, 0) is 40.5 Å². The third-order valence-electron chi connectivity index (χ3n) is 4.55. The Kier molecular flexibility index (Phi) is 6.26. The standard InChI is InChI=1S/C18H30F2N4O2/c1-13-10-21-15(11-23(13)5)18(19,20)12-24-8-6-14(7-9-24)22-16(25)26-17(2,3)4/h10,14H,6-9,11-12H2,1-5H3,(H,22,25). The van der Waals surface area contributed by atoms with Crippen LogP contribution in [0.3, 0.4) is 0 Å². The fourth-order valence-corrected chi connectivity index (χ4v) is 2.95. The predicted molar refractivity (Wildman–Crippen MR) is 97.6 cm³/mol. The van der Waals surface area contributed by atoms with Gasteiger partial charge < -0.3 is 15.0 Å². The van der Waals surface area contributed by atoms with Crippen LogP contribution in [0.25, 0.3) is 0 Å². The number of piperidine rings is 1. The van der Waals surface area contributed by atoms with E-state index in [2.05, 4.69) is 10.3 Å². The molecule has 2 aliphatic rings. The maximum absolute atomic E-state index is 14.6. The van der Waals surface area contributed by atoms with Gasteiger partial charge in [-0.2, -0.15) is 8.78 Å². The topological polar surface area (TPSA) is 57.2 Å². The Hall–Kier alpha value is -1.70. The van der Waals surface area contributed by atoms with E-state index in [-0.39, 0.29) is 24.8 Å². The van der Waals surface area contributed by atoms with E-state index in [1.807, 2.05) is 6.92 Å². The third-order valence-corrected chi connectivity index (χ3v) is 4.55. The number of nitrogens with one attached hydrogen (secondary N) is 1. The molecule has 0 radical (unpaired) electrons. The summed E-state index contributed by atoms with van der Waals surface area (Å²) in [6.45, 7) is 8.08. The number of alkyl carbamates (subject to hydrolysis) is 1. The van der Waals surface area contributed by atoms with Gasteiger partial charge in [0.2, 0.25) is 0 Å². The zero-order chi connectivity index (χ0) is 19.5. The van der Waals surface area contributed by atoms with Crippen LogP contribution in [0.1, 0.15) is 40.5 Å². The van der Waals surface area contributed by atoms with Crippen molar-refractivity contribution in [2.45, 2.75) is 58.1 Å². The van der Waals surface area contributed by atoms with Gasteiger partial charge in [-0.1, -0.05) is 0 Å². The van der Waals surface area contributed by atoms with Crippen molar-refractivity contribution in [1.82, 2.24) is 15.1 Å². The minimum atomic E-state index is -2.96. The van der Waals surface area contributed by atoms with Crippen molar-refractivity contribution in [2.75, 3.05) is 33.2 Å². The first-order valence-corrected chi connectivity index (χ1v) is 9.01. The lowest BCUT2D eigenvalue weighted by molar-refractivity contribution is 0.0177. The predicted octanol–water partition coefficient (Wildman–Crippen LogP) is 2.86. The Morgan fingerprint density at radius 2 is 1.96 bits per heavy atom. The van der Waals surface area contributed by atoms with Crippen LogP contribution in [0.15, 0.2) is 16.9 Å². The summed E-state index contributed by atoms with van der Waals surface area (Å²) in [5, 5.41) is 2.82. The van der Waals surface area contributed by atoms with Gasteiger partial charge in [0, 0.05) is 38.1 Å². The summed E-state index contributed by atoms with van der Waals surface area (Å²) in [7, 11) is 1.78. The van der Waals surface area contributed by atoms with Crippen molar-refractivity contribution in [1.29, 1.82) is 0 Å². The molecule has 0 aliphatic carbocycles. The molecule has 1 N–H and O–H groups in total. The number of carbonyl (C=O) groups excluding carboxylic acids is 1. The summed E-state index contributed by atoms with van der Waals surface area (Å²) in [4.78, 5) is 19.3. The summed E-state index contributed by atoms with van der Waals surface area (Å²) < 4.78 is 34.4. The molecule has 0 aromatic rings. The number of likely N-dealkylation sites (tertiary alicyclic amines) is 1. The maximum atomic E-state index is 14.6. The molecule has 1 fully saturated rings. The molecule has 0 unspecified atom stereocenters. The van der Waals surface area contributed by atoms with E-state index in [1.165, 1.54) is 6.20 Å². The lowest BCUT2D eigenvalue weighted by atomic mass is 10.0. The molecule has 2 aliphatic heterocycles. The smallest absolute Gasteiger partial charge is 0.407 e. The minimum Gasteiger partial charge on any atom is -0.444 e. The van der Waals surface area contributed by atoms with Gasteiger partial charge in [0.1, 0.15) is 11.3 Å². The van der Waals surface area contributed by atoms with Crippen LogP contribution in [0.2, 0.25) is 0 Å². The molecule has 6 nitrogen and oxygen atoms in total. The van der Waals surface area contributed by atoms with Gasteiger partial charge in [-0.3, -0.25) is 9.89 Å². The number of amides is 1. The monoisotopic (exact) mass is 372 g/mol. The van der Waals surface area contributed by atoms with E-state index < -0.39 is 17.6 Å². The number of allylic oxidation sites excluding steroid dienone is 1. The SMILES string of the molecule is CC1=CN=C(C(F)(F)CN2CCC(NC(=O)OC(C)(C)C)CC2)CN1C. The van der Waals surface area contributed by atoms with Crippen molar-refractivity contribution in [3.05, 3.63) is 11.9 Å². The Labute approximate surface area is 154 Å². The molecule has 0 bridgehead atoms. The third kappa shape index (κ3) is 5.93. The molecule has 1 amide bonds. The number of halogens is 2. The number of hydrogen-bond donors (Lipinski definition) is 1. The molecule has 0 aromatic heterocycles. The molecule has 0 aromatic carbocycles. The molecule has 2 rings (SSSR count). The zero-order valence-corrected chi connectivity index (χ0v) is 16.3. The van der Waals surface area contributed by atoms with E-state index in [4.69, 9.17) is 4.74 Å². The highest BCUT2D eigenvalue weighted by atomic mass is 19.3. The fraction of sp³-hybridized carbons (Fsp3) is 0.778. The maximum Gasteiger partial charge on any atom is 0.407 e. The number of aliphatic imine (C=N–C) groups is 1. The Morgan fingerprint density at radius 3 is 2.50 bits per heavy atom. The van der Waals surface area contributed by atoms with Crippen molar-refractivity contribution >= 4 is 11.8 Å². The Morgan fingerprint density at radius 1 is 1.35 bits per heavy atom. The molecule has 26 heavy (non-hydrogen) atoms. The highest BCUT2D eigenvalue weighted by molar-refractivity contribution is 5.94. The van der Waals surface area contributed by atoms with Gasteiger partial charge in [-0.15, -0.1) is 0 Å². The number of hydrogen-bond acceptors (Lipinski definition) is 5. The highest BCUT2D eigenvalue weighted by Gasteiger charge is 2.40. The second-order valence-corrected chi connectivity index (χ2v) is 8.10. The number of ether oxygens (including phenoxy) is 1. The van der Waals surface area contributed by atoms with Crippen molar-refractivity contribution in [3.8, 4) is 0 Å². The van der Waals surface area contributed by atoms with E-state index in [0.717, 1.165) is 5.70 Å². The van der Waals surface area contributed by atoms with Crippen LogP contribution in [0.5, 0.6) is 0 Å². The van der Waals surface area contributed by atoms with E-state index in [1.54, 1.807) is 37.6 Å². The summed E-state index contributed by atoms with van der Waals surface area (Å²) >= 11 is 0. The highest BCUT2D eigenvalue weighted by Crippen LogP contribution is 2.24. The molecule has 148 valence electrons. The fourth-order valence-electron chi connectivity index (χ4n) is 2.95. The van der Waals surface area contributed by atoms with Gasteiger partial charge in [0.05, 0.1) is 13.1 Å². The minimum absolute atomic E-state index is 0.0431. The quantitative estimate of drug-likeness (QED) is 0.824. The van der Waals surface area contributed by atoms with Crippen LogP contribution >= 0.6 is 0 Å². The van der Waals surface area contributed by atoms with Gasteiger partial charge in [0.15, 0.2) is 0 Å². The normalized spacial score (nSPS) is 20.5. The van der Waals surface area contributed by atoms with Crippen molar-refractivity contribution < 1.29 is 18.3 Å². The van der Waals surface area contributed by atoms with Gasteiger partial charge >= 0.3 is 6.09 Å². The summed E-state index contributed by atoms with van der Waals surface area (Å²) in [5.41, 5.74) is 0.228. The Bertz CT molecular complexity index is 576. The molecule has 2 heterocycles. The lowest BCUT2D eigenvalue weighted by Gasteiger charge is -2.36. The molecular formula is C18H30F2N4O2. The first-order valence-electron chi connectivity index (χ1n) is 9.01. The van der Waals surface area contributed by atoms with E-state index >= 15 is 0 Å². The number of nitrogens with zero attached hydrogens (tertiary/aromatic N) is 3. The number of carbonyl (C=O) groups is 1. The molecule has 0 atom stereocenters. The Balaban J connectivity index is 1.82. The summed E-state index contributed by atoms with van der Waals surface area (Å²) in [6, 6.07) is -0.0431. The van der Waals surface area contributed by atoms with Crippen LogP contribution in [-0.4, -0.2) is 72.4 Å². The molecule has 1 saturated heterocycles. The number of rotatable bonds is 4. The average molecular weight is 372 g/mol. The molecule has 0 saturated carbocycles. The van der Waals surface area contributed by atoms with Crippen molar-refractivity contribution in [2.24, 2.45) is 4.99 Å². The summed E-state index contributed by atoms with van der Waals surface area (Å²) in [5.74, 6) is -2.96. The second-order valence-electron chi connectivity index (χ2n) is 8.10. The van der Waals surface area contributed by atoms with Crippen molar-refractivity contribution in [3.63, 3.8) is 0 Å². The van der Waals surface area contributed by atoms with Crippen LogP contribution in [0.4, 0.5) is 13.6 Å². The van der Waals surface area contributed by atoms with E-state index in [0.29, 0.717) is 25.9 Å². The zero-order valence-electron chi connectivity index (χ0n) is 16.3. The van der Waals surface area contributed by atoms with Gasteiger partial charge in [-0.25, -0.2) is 4.79 Å². The van der Waals surface area contributed by atoms with E-state index in [9.17, 15) is 13.6 Å².